The highest BCUT2D eigenvalue weighted by molar-refractivity contribution is 5.95. The number of rotatable bonds is 12. The number of carbonyl (C=O) groups excluding carboxylic acids is 2. The van der Waals surface area contributed by atoms with E-state index in [2.05, 4.69) is 5.32 Å². The van der Waals surface area contributed by atoms with Gasteiger partial charge in [-0.25, -0.2) is 9.59 Å². The zero-order chi connectivity index (χ0) is 26.6. The van der Waals surface area contributed by atoms with Crippen molar-refractivity contribution in [2.45, 2.75) is 19.1 Å². The van der Waals surface area contributed by atoms with Crippen LogP contribution in [-0.2, 0) is 9.53 Å². The zero-order valence-electron chi connectivity index (χ0n) is 20.1. The molecule has 9 heteroatoms. The van der Waals surface area contributed by atoms with Crippen LogP contribution < -0.4 is 14.8 Å². The van der Waals surface area contributed by atoms with Crippen molar-refractivity contribution < 1.29 is 38.8 Å². The minimum Gasteiger partial charge on any atom is -0.491 e. The fourth-order valence-electron chi connectivity index (χ4n) is 3.36. The number of aliphatic carboxylic acids is 1. The number of ketones is 1. The van der Waals surface area contributed by atoms with Gasteiger partial charge in [0.25, 0.3) is 0 Å². The molecule has 37 heavy (non-hydrogen) atoms. The minimum absolute atomic E-state index is 0.0641. The van der Waals surface area contributed by atoms with E-state index in [-0.39, 0.29) is 19.0 Å². The molecule has 0 aliphatic carbocycles. The van der Waals surface area contributed by atoms with Gasteiger partial charge in [-0.2, -0.15) is 0 Å². The number of carboxylic acids is 1. The van der Waals surface area contributed by atoms with E-state index in [1.165, 1.54) is 13.0 Å². The summed E-state index contributed by atoms with van der Waals surface area (Å²) in [5, 5.41) is 20.9. The van der Waals surface area contributed by atoms with Crippen LogP contribution in [0, 0.1) is 0 Å². The number of benzene rings is 3. The summed E-state index contributed by atoms with van der Waals surface area (Å²) >= 11 is 0. The SMILES string of the molecule is CC(=O)c1ccc(NC(=O)O[C@H](c2cccc(OCCO)c2)[C@@H](/C=C/C(=O)O)Oc2ccccc2)cc1. The van der Waals surface area contributed by atoms with Crippen molar-refractivity contribution in [2.75, 3.05) is 18.5 Å². The molecule has 0 radical (unpaired) electrons. The van der Waals surface area contributed by atoms with Gasteiger partial charge in [0.15, 0.2) is 18.0 Å². The number of aliphatic hydroxyl groups excluding tert-OH is 1. The van der Waals surface area contributed by atoms with E-state index in [0.717, 1.165) is 6.08 Å². The molecule has 3 aromatic carbocycles. The molecule has 0 aliphatic heterocycles. The summed E-state index contributed by atoms with van der Waals surface area (Å²) in [6, 6.07) is 21.6. The smallest absolute Gasteiger partial charge is 0.412 e. The van der Waals surface area contributed by atoms with Gasteiger partial charge in [0, 0.05) is 22.9 Å². The van der Waals surface area contributed by atoms with E-state index in [0.29, 0.717) is 28.3 Å². The summed E-state index contributed by atoms with van der Waals surface area (Å²) in [6.07, 6.45) is -0.750. The molecule has 192 valence electrons. The van der Waals surface area contributed by atoms with Gasteiger partial charge >= 0.3 is 12.1 Å². The summed E-state index contributed by atoms with van der Waals surface area (Å²) in [5.41, 5.74) is 1.36. The molecular weight excluding hydrogens is 478 g/mol. The number of amides is 1. The number of hydrogen-bond donors (Lipinski definition) is 3. The molecule has 0 saturated carbocycles. The first-order valence-electron chi connectivity index (χ1n) is 11.4. The third-order valence-electron chi connectivity index (χ3n) is 5.06. The standard InChI is InChI=1S/C28H27NO8/c1-19(31)20-10-12-22(13-11-20)29-28(34)37-27(21-6-5-9-24(18-21)35-17-16-30)25(14-15-26(32)33)36-23-7-3-2-4-8-23/h2-15,18,25,27,30H,16-17H2,1H3,(H,29,34)(H,32,33)/b15-14+/t25-,27-/m1/s1. The van der Waals surface area contributed by atoms with Crippen LogP contribution >= 0.6 is 0 Å². The fraction of sp³-hybridized carbons (Fsp3) is 0.179. The summed E-state index contributed by atoms with van der Waals surface area (Å²) < 4.78 is 17.3. The second kappa shape index (κ2) is 13.5. The number of carbonyl (C=O) groups is 3. The molecule has 0 unspecified atom stereocenters. The maximum absolute atomic E-state index is 12.9. The normalized spacial score (nSPS) is 12.4. The maximum Gasteiger partial charge on any atom is 0.412 e. The summed E-state index contributed by atoms with van der Waals surface area (Å²) in [7, 11) is 0. The Kier molecular flexibility index (Phi) is 9.81. The van der Waals surface area contributed by atoms with Gasteiger partial charge in [-0.15, -0.1) is 0 Å². The molecule has 9 nitrogen and oxygen atoms in total. The van der Waals surface area contributed by atoms with Crippen LogP contribution in [0.25, 0.3) is 0 Å². The lowest BCUT2D eigenvalue weighted by atomic mass is 10.0. The molecule has 3 aromatic rings. The molecule has 2 atom stereocenters. The van der Waals surface area contributed by atoms with Gasteiger partial charge in [0.2, 0.25) is 0 Å². The number of aliphatic hydroxyl groups is 1. The molecule has 3 N–H and O–H groups in total. The van der Waals surface area contributed by atoms with Crippen molar-refractivity contribution in [3.8, 4) is 11.5 Å². The highest BCUT2D eigenvalue weighted by Crippen LogP contribution is 2.30. The zero-order valence-corrected chi connectivity index (χ0v) is 20.1. The van der Waals surface area contributed by atoms with Crippen LogP contribution in [0.15, 0.2) is 91.0 Å². The van der Waals surface area contributed by atoms with E-state index in [4.69, 9.17) is 19.3 Å². The van der Waals surface area contributed by atoms with Crippen LogP contribution in [-0.4, -0.2) is 47.4 Å². The first-order valence-corrected chi connectivity index (χ1v) is 11.4. The van der Waals surface area contributed by atoms with Crippen molar-refractivity contribution in [3.63, 3.8) is 0 Å². The Hall–Kier alpha value is -4.63. The topological polar surface area (TPSA) is 131 Å². The number of para-hydroxylation sites is 1. The summed E-state index contributed by atoms with van der Waals surface area (Å²) in [6.45, 7) is 1.32. The Bertz CT molecular complexity index is 1220. The average molecular weight is 506 g/mol. The first-order chi connectivity index (χ1) is 17.9. The number of anilines is 1. The van der Waals surface area contributed by atoms with Crippen LogP contribution in [0.5, 0.6) is 11.5 Å². The number of Topliss-reactive ketones (excluding diaryl/α,β-unsaturated/α-hetero) is 1. The third-order valence-corrected chi connectivity index (χ3v) is 5.06. The first kappa shape index (κ1) is 27.0. The molecule has 0 aliphatic rings. The Balaban J connectivity index is 1.92. The quantitative estimate of drug-likeness (QED) is 0.240. The second-order valence-corrected chi connectivity index (χ2v) is 7.82. The molecule has 0 spiro atoms. The predicted molar refractivity (Wildman–Crippen MR) is 136 cm³/mol. The Labute approximate surface area is 213 Å². The minimum atomic E-state index is -1.20. The van der Waals surface area contributed by atoms with E-state index < -0.39 is 24.3 Å². The second-order valence-electron chi connectivity index (χ2n) is 7.82. The van der Waals surface area contributed by atoms with Gasteiger partial charge < -0.3 is 24.4 Å². The monoisotopic (exact) mass is 505 g/mol. The molecule has 0 aromatic heterocycles. The third kappa shape index (κ3) is 8.52. The van der Waals surface area contributed by atoms with Crippen molar-refractivity contribution in [1.29, 1.82) is 0 Å². The van der Waals surface area contributed by atoms with Crippen molar-refractivity contribution in [2.24, 2.45) is 0 Å². The molecule has 0 bridgehead atoms. The summed E-state index contributed by atoms with van der Waals surface area (Å²) in [5.74, 6) is -0.454. The van der Waals surface area contributed by atoms with Crippen molar-refractivity contribution >= 4 is 23.5 Å². The van der Waals surface area contributed by atoms with Gasteiger partial charge in [-0.1, -0.05) is 30.3 Å². The maximum atomic E-state index is 12.9. The average Bonchev–Trinajstić information content (AvgIpc) is 2.89. The molecule has 0 saturated heterocycles. The predicted octanol–water partition coefficient (Wildman–Crippen LogP) is 4.64. The van der Waals surface area contributed by atoms with E-state index in [9.17, 15) is 19.5 Å². The van der Waals surface area contributed by atoms with Gasteiger partial charge in [-0.3, -0.25) is 10.1 Å². The highest BCUT2D eigenvalue weighted by atomic mass is 16.6. The van der Waals surface area contributed by atoms with Crippen molar-refractivity contribution in [3.05, 3.63) is 102 Å². The molecular formula is C28H27NO8. The van der Waals surface area contributed by atoms with Crippen LogP contribution in [0.3, 0.4) is 0 Å². The Morgan fingerprint density at radius 3 is 2.30 bits per heavy atom. The van der Waals surface area contributed by atoms with Gasteiger partial charge in [0.1, 0.15) is 18.1 Å². The Morgan fingerprint density at radius 1 is 0.946 bits per heavy atom. The van der Waals surface area contributed by atoms with E-state index >= 15 is 0 Å². The number of carboxylic acid groups (broad SMARTS) is 1. The number of ether oxygens (including phenoxy) is 3. The fourth-order valence-corrected chi connectivity index (χ4v) is 3.36. The van der Waals surface area contributed by atoms with Crippen LogP contribution in [0.1, 0.15) is 28.9 Å². The lowest BCUT2D eigenvalue weighted by Crippen LogP contribution is -2.30. The van der Waals surface area contributed by atoms with Gasteiger partial charge in [-0.05, 0) is 61.5 Å². The molecule has 1 amide bonds. The molecule has 0 fully saturated rings. The lowest BCUT2D eigenvalue weighted by Gasteiger charge is -2.26. The number of nitrogens with one attached hydrogen (secondary N) is 1. The largest absolute Gasteiger partial charge is 0.491 e. The van der Waals surface area contributed by atoms with E-state index in [1.54, 1.807) is 78.9 Å². The van der Waals surface area contributed by atoms with E-state index in [1.807, 2.05) is 0 Å². The molecule has 3 rings (SSSR count). The van der Waals surface area contributed by atoms with Gasteiger partial charge in [0.05, 0.1) is 6.61 Å². The molecule has 0 heterocycles. The van der Waals surface area contributed by atoms with Crippen molar-refractivity contribution in [1.82, 2.24) is 0 Å². The Morgan fingerprint density at radius 2 is 1.65 bits per heavy atom. The van der Waals surface area contributed by atoms with Crippen LogP contribution in [0.4, 0.5) is 10.5 Å². The number of hydrogen-bond acceptors (Lipinski definition) is 7. The lowest BCUT2D eigenvalue weighted by molar-refractivity contribution is -0.131. The highest BCUT2D eigenvalue weighted by Gasteiger charge is 2.28. The van der Waals surface area contributed by atoms with Crippen LogP contribution in [0.2, 0.25) is 0 Å². The summed E-state index contributed by atoms with van der Waals surface area (Å²) in [4.78, 5) is 35.7.